The molecule has 17 atom stereocenters. The largest absolute Gasteiger partial charge is 0.394 e. The summed E-state index contributed by atoms with van der Waals surface area (Å²) in [5, 5.41) is 120. The Morgan fingerprint density at radius 1 is 0.455 bits per heavy atom. The second-order valence-electron chi connectivity index (χ2n) is 21.4. The molecule has 17 unspecified atom stereocenters. The molecule has 0 saturated carbocycles. The van der Waals surface area contributed by atoms with Crippen LogP contribution in [0.3, 0.4) is 0 Å². The molecule has 3 aliphatic heterocycles. The number of rotatable bonds is 43. The molecule has 3 fully saturated rings. The lowest BCUT2D eigenvalue weighted by molar-refractivity contribution is -0.379. The number of allylic oxidation sites excluding steroid dienone is 5. The Kier molecular flexibility index (Phi) is 37.7. The molecule has 0 aliphatic carbocycles. The molecule has 3 aliphatic rings. The van der Waals surface area contributed by atoms with Gasteiger partial charge in [0.05, 0.1) is 38.6 Å². The molecule has 3 heterocycles. The van der Waals surface area contributed by atoms with E-state index in [0.717, 1.165) is 38.5 Å². The van der Waals surface area contributed by atoms with Gasteiger partial charge in [0.15, 0.2) is 18.9 Å². The first-order valence-electron chi connectivity index (χ1n) is 29.7. The third-order valence-electron chi connectivity index (χ3n) is 14.9. The number of amides is 1. The lowest BCUT2D eigenvalue weighted by Crippen LogP contribution is -2.66. The molecular weight excluding hydrogens is 999 g/mol. The Morgan fingerprint density at radius 3 is 1.35 bits per heavy atom. The van der Waals surface area contributed by atoms with Crippen molar-refractivity contribution in [3.8, 4) is 0 Å². The van der Waals surface area contributed by atoms with Crippen LogP contribution in [0.2, 0.25) is 0 Å². The maximum absolute atomic E-state index is 13.2. The molecule has 19 heteroatoms. The Hall–Kier alpha value is -1.99. The summed E-state index contributed by atoms with van der Waals surface area (Å²) < 4.78 is 34.1. The minimum Gasteiger partial charge on any atom is -0.394 e. The van der Waals surface area contributed by atoms with Crippen LogP contribution in [0.15, 0.2) is 36.5 Å². The van der Waals surface area contributed by atoms with Crippen molar-refractivity contribution >= 4 is 5.91 Å². The summed E-state index contributed by atoms with van der Waals surface area (Å²) in [6.45, 7) is 1.57. The first kappa shape index (κ1) is 69.3. The van der Waals surface area contributed by atoms with E-state index < -0.39 is 124 Å². The van der Waals surface area contributed by atoms with Crippen LogP contribution in [0.25, 0.3) is 0 Å². The smallest absolute Gasteiger partial charge is 0.220 e. The van der Waals surface area contributed by atoms with Crippen molar-refractivity contribution in [2.75, 3.05) is 26.4 Å². The highest BCUT2D eigenvalue weighted by atomic mass is 16.8. The number of nitrogens with one attached hydrogen (secondary N) is 1. The Morgan fingerprint density at radius 2 is 0.857 bits per heavy atom. The fourth-order valence-electron chi connectivity index (χ4n) is 9.97. The molecule has 0 spiro atoms. The van der Waals surface area contributed by atoms with Gasteiger partial charge in [-0.1, -0.05) is 172 Å². The molecule has 3 rings (SSSR count). The van der Waals surface area contributed by atoms with Gasteiger partial charge in [0.2, 0.25) is 5.91 Å². The lowest BCUT2D eigenvalue weighted by atomic mass is 9.96. The zero-order valence-corrected chi connectivity index (χ0v) is 46.7. The second kappa shape index (κ2) is 41.9. The van der Waals surface area contributed by atoms with Crippen LogP contribution in [0.1, 0.15) is 194 Å². The van der Waals surface area contributed by atoms with Crippen molar-refractivity contribution in [1.82, 2.24) is 5.32 Å². The zero-order chi connectivity index (χ0) is 56.2. The summed E-state index contributed by atoms with van der Waals surface area (Å²) in [6, 6.07) is -0.985. The van der Waals surface area contributed by atoms with Crippen LogP contribution in [-0.2, 0) is 33.2 Å². The molecule has 3 saturated heterocycles. The Balaban J connectivity index is 1.40. The maximum atomic E-state index is 13.2. The molecule has 12 N–H and O–H groups in total. The van der Waals surface area contributed by atoms with Crippen LogP contribution in [-0.4, -0.2) is 193 Å². The monoisotopic (exact) mass is 1100 g/mol. The number of aliphatic hydroxyl groups excluding tert-OH is 11. The van der Waals surface area contributed by atoms with E-state index in [1.165, 1.54) is 122 Å². The number of carbonyl (C=O) groups is 1. The fourth-order valence-corrected chi connectivity index (χ4v) is 9.97. The van der Waals surface area contributed by atoms with Gasteiger partial charge in [0.1, 0.15) is 73.2 Å². The molecular formula is C58H105NO18. The van der Waals surface area contributed by atoms with Gasteiger partial charge in [-0.25, -0.2) is 0 Å². The Labute approximate surface area is 460 Å². The normalized spacial score (nSPS) is 30.9. The van der Waals surface area contributed by atoms with Gasteiger partial charge in [0.25, 0.3) is 0 Å². The molecule has 0 aromatic rings. The molecule has 450 valence electrons. The van der Waals surface area contributed by atoms with Crippen LogP contribution in [0, 0.1) is 0 Å². The average molecular weight is 1100 g/mol. The quantitative estimate of drug-likeness (QED) is 0.0285. The van der Waals surface area contributed by atoms with Crippen molar-refractivity contribution in [3.05, 3.63) is 36.5 Å². The van der Waals surface area contributed by atoms with E-state index in [4.69, 9.17) is 28.4 Å². The third-order valence-corrected chi connectivity index (χ3v) is 14.9. The summed E-state index contributed by atoms with van der Waals surface area (Å²) >= 11 is 0. The van der Waals surface area contributed by atoms with Crippen LogP contribution in [0.4, 0.5) is 0 Å². The minimum absolute atomic E-state index is 0.235. The van der Waals surface area contributed by atoms with Crippen LogP contribution >= 0.6 is 0 Å². The molecule has 0 radical (unpaired) electrons. The molecule has 0 bridgehead atoms. The maximum Gasteiger partial charge on any atom is 0.220 e. The zero-order valence-electron chi connectivity index (χ0n) is 46.7. The van der Waals surface area contributed by atoms with Crippen molar-refractivity contribution in [1.29, 1.82) is 0 Å². The summed E-state index contributed by atoms with van der Waals surface area (Å²) in [4.78, 5) is 13.2. The highest BCUT2D eigenvalue weighted by Crippen LogP contribution is 2.33. The summed E-state index contributed by atoms with van der Waals surface area (Å²) in [6.07, 6.45) is 17.7. The predicted molar refractivity (Wildman–Crippen MR) is 291 cm³/mol. The predicted octanol–water partition coefficient (Wildman–Crippen LogP) is 4.93. The highest BCUT2D eigenvalue weighted by Gasteiger charge is 2.53. The van der Waals surface area contributed by atoms with E-state index in [1.807, 2.05) is 6.08 Å². The van der Waals surface area contributed by atoms with E-state index >= 15 is 0 Å². The minimum atomic E-state index is -1.98. The van der Waals surface area contributed by atoms with Gasteiger partial charge in [-0.3, -0.25) is 4.79 Å². The van der Waals surface area contributed by atoms with Crippen molar-refractivity contribution in [3.63, 3.8) is 0 Å². The number of hydrogen-bond acceptors (Lipinski definition) is 18. The van der Waals surface area contributed by atoms with Crippen molar-refractivity contribution in [2.45, 2.75) is 298 Å². The number of ether oxygens (including phenoxy) is 6. The number of carbonyl (C=O) groups excluding carboxylic acids is 1. The third kappa shape index (κ3) is 26.2. The number of aliphatic hydroxyl groups is 11. The lowest BCUT2D eigenvalue weighted by Gasteiger charge is -2.48. The second-order valence-corrected chi connectivity index (χ2v) is 21.4. The van der Waals surface area contributed by atoms with E-state index in [0.29, 0.717) is 12.8 Å². The van der Waals surface area contributed by atoms with Gasteiger partial charge >= 0.3 is 0 Å². The van der Waals surface area contributed by atoms with Crippen LogP contribution < -0.4 is 5.32 Å². The van der Waals surface area contributed by atoms with Crippen LogP contribution in [0.5, 0.6) is 0 Å². The van der Waals surface area contributed by atoms with Gasteiger partial charge in [0, 0.05) is 6.42 Å². The SMILES string of the molecule is CCC/C=C/CC/C=C/C(O)C(COC1OC(CO)C(OC2OC(CO)C(OC3OC(CO)C(O)C(O)C3O)C(O)C2O)C(O)C1O)NC(=O)CCCCCCCCCCCCCCC/C=C\CCCCCCCCCC. The molecule has 0 aromatic carbocycles. The van der Waals surface area contributed by atoms with Gasteiger partial charge < -0.3 is 89.9 Å². The summed E-state index contributed by atoms with van der Waals surface area (Å²) in [7, 11) is 0. The molecule has 77 heavy (non-hydrogen) atoms. The number of unbranched alkanes of at least 4 members (excludes halogenated alkanes) is 23. The fraction of sp³-hybridized carbons (Fsp3) is 0.879. The number of hydrogen-bond donors (Lipinski definition) is 12. The average Bonchev–Trinajstić information content (AvgIpc) is 3.43. The summed E-state index contributed by atoms with van der Waals surface area (Å²) in [5.41, 5.74) is 0. The summed E-state index contributed by atoms with van der Waals surface area (Å²) in [5.74, 6) is -0.291. The molecule has 1 amide bonds. The van der Waals surface area contributed by atoms with Crippen molar-refractivity contribution in [2.24, 2.45) is 0 Å². The van der Waals surface area contributed by atoms with E-state index in [1.54, 1.807) is 6.08 Å². The van der Waals surface area contributed by atoms with Gasteiger partial charge in [-0.05, 0) is 51.4 Å². The topological polar surface area (TPSA) is 307 Å². The van der Waals surface area contributed by atoms with E-state index in [9.17, 15) is 61.0 Å². The molecule has 19 nitrogen and oxygen atoms in total. The van der Waals surface area contributed by atoms with Gasteiger partial charge in [-0.2, -0.15) is 0 Å². The van der Waals surface area contributed by atoms with E-state index in [2.05, 4.69) is 43.5 Å². The first-order valence-corrected chi connectivity index (χ1v) is 29.7. The highest BCUT2D eigenvalue weighted by molar-refractivity contribution is 5.76. The Bertz CT molecular complexity index is 1550. The standard InChI is InChI=1S/C58H105NO18/c1-3-5-7-9-11-12-13-14-15-16-17-18-19-20-21-22-23-24-25-26-27-28-30-32-34-36-46(64)59-41(42(63)35-33-31-29-10-8-6-4-2)40-72-56-52(70)49(67)54(44(38-61)74-56)77-58-53(71)50(68)55(45(39-62)75-58)76-57-51(69)48(66)47(65)43(37-60)73-57/h8,10,16-17,33,35,41-45,47-58,60-63,65-71H,3-7,9,11-15,18-32,34,36-40H2,1-2H3,(H,59,64)/b10-8+,17-16-,35-33+. The van der Waals surface area contributed by atoms with Crippen molar-refractivity contribution < 1.29 is 89.4 Å². The van der Waals surface area contributed by atoms with E-state index in [-0.39, 0.29) is 18.9 Å². The van der Waals surface area contributed by atoms with Gasteiger partial charge in [-0.15, -0.1) is 0 Å². The first-order chi connectivity index (χ1) is 37.3. The molecule has 0 aromatic heterocycles.